The normalized spacial score (nSPS) is 8.89. The van der Waals surface area contributed by atoms with Crippen LogP contribution in [0.1, 0.15) is 10.4 Å². The highest BCUT2D eigenvalue weighted by molar-refractivity contribution is 5.87. The monoisotopic (exact) mass is 123 g/mol. The van der Waals surface area contributed by atoms with Gasteiger partial charge in [0.05, 0.1) is 5.56 Å². The molecular weight excluding hydrogens is 117 g/mol. The first-order valence-corrected chi connectivity index (χ1v) is 2.59. The van der Waals surface area contributed by atoms with Gasteiger partial charge < -0.3 is 5.11 Å². The average Bonchev–Trinajstić information content (AvgIpc) is 1.90. The van der Waals surface area contributed by atoms with Gasteiger partial charge in [-0.1, -0.05) is 18.2 Å². The molecule has 1 N–H and O–H groups in total. The van der Waals surface area contributed by atoms with Gasteiger partial charge in [0.1, 0.15) is 0 Å². The molecule has 0 unspecified atom stereocenters. The maximum Gasteiger partial charge on any atom is 0.335 e. The summed E-state index contributed by atoms with van der Waals surface area (Å²) < 4.78 is 0. The van der Waals surface area contributed by atoms with Gasteiger partial charge in [0, 0.05) is 0 Å². The molecule has 1 aromatic carbocycles. The Balaban J connectivity index is 2.98. The van der Waals surface area contributed by atoms with Crippen LogP contribution in [0.3, 0.4) is 0 Å². The van der Waals surface area contributed by atoms with Crippen molar-refractivity contribution >= 4 is 5.97 Å². The third kappa shape index (κ3) is 1.29. The smallest absolute Gasteiger partial charge is 0.335 e. The number of aromatic carboxylic acids is 1. The third-order valence-corrected chi connectivity index (χ3v) is 1.02. The van der Waals surface area contributed by atoms with Gasteiger partial charge >= 0.3 is 5.97 Å². The van der Waals surface area contributed by atoms with Crippen molar-refractivity contribution < 1.29 is 9.90 Å². The minimum Gasteiger partial charge on any atom is -0.478 e. The predicted octanol–water partition coefficient (Wildman–Crippen LogP) is 1.38. The third-order valence-electron chi connectivity index (χ3n) is 1.02. The Labute approximate surface area is 52.8 Å². The minimum absolute atomic E-state index is 0.331. The molecule has 2 heteroatoms. The molecule has 0 heterocycles. The number of benzene rings is 1. The number of hydrogen-bond acceptors (Lipinski definition) is 1. The van der Waals surface area contributed by atoms with Crippen molar-refractivity contribution in [2.75, 3.05) is 0 Å². The molecule has 0 bridgehead atoms. The summed E-state index contributed by atoms with van der Waals surface area (Å²) in [6, 6.07) is 8.30. The molecule has 1 aromatic rings. The summed E-state index contributed by atoms with van der Waals surface area (Å²) in [5, 5.41) is 8.38. The molecular formula is C7H6O2. The van der Waals surface area contributed by atoms with E-state index >= 15 is 0 Å². The van der Waals surface area contributed by atoms with E-state index in [1.165, 1.54) is 0 Å². The molecule has 0 saturated carbocycles. The Morgan fingerprint density at radius 1 is 1.22 bits per heavy atom. The van der Waals surface area contributed by atoms with Crippen LogP contribution in [-0.2, 0) is 0 Å². The van der Waals surface area contributed by atoms with Crippen molar-refractivity contribution in [1.29, 1.82) is 0 Å². The van der Waals surface area contributed by atoms with Crippen LogP contribution >= 0.6 is 0 Å². The molecule has 0 aliphatic rings. The molecule has 1 rings (SSSR count). The Hall–Kier alpha value is -1.31. The second-order valence-corrected chi connectivity index (χ2v) is 1.67. The van der Waals surface area contributed by atoms with Crippen LogP contribution in [0.2, 0.25) is 0 Å². The fourth-order valence-corrected chi connectivity index (χ4v) is 0.581. The number of carboxylic acid groups (broad SMARTS) is 1. The van der Waals surface area contributed by atoms with Crippen LogP contribution in [0.15, 0.2) is 30.3 Å². The Kier molecular flexibility index (Phi) is 1.49. The van der Waals surface area contributed by atoms with Gasteiger partial charge in [0.25, 0.3) is 0 Å². The lowest BCUT2D eigenvalue weighted by molar-refractivity contribution is 0.0697. The highest BCUT2D eigenvalue weighted by atomic mass is 16.4. The van der Waals surface area contributed by atoms with Gasteiger partial charge in [-0.3, -0.25) is 0 Å². The van der Waals surface area contributed by atoms with Crippen molar-refractivity contribution in [2.45, 2.75) is 0 Å². The van der Waals surface area contributed by atoms with E-state index in [1.54, 1.807) is 30.3 Å². The van der Waals surface area contributed by atoms with Crippen molar-refractivity contribution in [3.8, 4) is 0 Å². The summed E-state index contributed by atoms with van der Waals surface area (Å²) in [6.07, 6.45) is 0. The fraction of sp³-hybridized carbons (Fsp3) is 0. The first-order valence-electron chi connectivity index (χ1n) is 2.59. The lowest BCUT2D eigenvalue weighted by Gasteiger charge is -1.88. The fourth-order valence-electron chi connectivity index (χ4n) is 0.581. The van der Waals surface area contributed by atoms with E-state index in [2.05, 4.69) is 0 Å². The number of carbonyl (C=O) groups is 1. The topological polar surface area (TPSA) is 37.3 Å². The molecule has 0 fully saturated rings. The molecule has 0 spiro atoms. The molecule has 46 valence electrons. The van der Waals surface area contributed by atoms with E-state index in [-0.39, 0.29) is 0 Å². The SMILES string of the molecule is O=C(O)c1cc[13cH]cc1. The lowest BCUT2D eigenvalue weighted by atomic mass is 10.3. The first kappa shape index (κ1) is 5.82. The molecule has 0 saturated heterocycles. The second-order valence-electron chi connectivity index (χ2n) is 1.67. The summed E-state index contributed by atoms with van der Waals surface area (Å²) in [7, 11) is 0. The zero-order chi connectivity index (χ0) is 6.69. The highest BCUT2D eigenvalue weighted by Gasteiger charge is 1.96. The lowest BCUT2D eigenvalue weighted by Crippen LogP contribution is -1.93. The van der Waals surface area contributed by atoms with Crippen molar-refractivity contribution in [3.05, 3.63) is 35.9 Å². The van der Waals surface area contributed by atoms with Crippen LogP contribution < -0.4 is 0 Å². The predicted molar refractivity (Wildman–Crippen MR) is 33.4 cm³/mol. The molecule has 0 aliphatic carbocycles. The molecule has 0 amide bonds. The summed E-state index contributed by atoms with van der Waals surface area (Å²) in [5.74, 6) is -0.879. The zero-order valence-corrected chi connectivity index (χ0v) is 4.74. The van der Waals surface area contributed by atoms with Crippen molar-refractivity contribution in [2.24, 2.45) is 0 Å². The van der Waals surface area contributed by atoms with Crippen molar-refractivity contribution in [3.63, 3.8) is 0 Å². The van der Waals surface area contributed by atoms with Crippen LogP contribution in [-0.4, -0.2) is 11.1 Å². The van der Waals surface area contributed by atoms with Gasteiger partial charge in [-0.25, -0.2) is 4.79 Å². The van der Waals surface area contributed by atoms with E-state index in [1.807, 2.05) is 0 Å². The summed E-state index contributed by atoms with van der Waals surface area (Å²) in [5.41, 5.74) is 0.331. The molecule has 2 nitrogen and oxygen atoms in total. The van der Waals surface area contributed by atoms with E-state index in [4.69, 9.17) is 5.11 Å². The average molecular weight is 123 g/mol. The van der Waals surface area contributed by atoms with Crippen LogP contribution in [0.5, 0.6) is 0 Å². The first-order chi connectivity index (χ1) is 4.30. The van der Waals surface area contributed by atoms with E-state index < -0.39 is 5.97 Å². The molecule has 0 radical (unpaired) electrons. The summed E-state index contributed by atoms with van der Waals surface area (Å²) in [4.78, 5) is 10.2. The zero-order valence-electron chi connectivity index (χ0n) is 4.74. The van der Waals surface area contributed by atoms with E-state index in [0.717, 1.165) is 0 Å². The second kappa shape index (κ2) is 2.31. The maximum atomic E-state index is 10.2. The molecule has 0 atom stereocenters. The standard InChI is InChI=1S/C7H6O2/c8-7(9)6-4-2-1-3-5-6/h1-5H,(H,8,9)/i1+1. The van der Waals surface area contributed by atoms with Gasteiger partial charge in [0.2, 0.25) is 0 Å². The van der Waals surface area contributed by atoms with E-state index in [9.17, 15) is 4.79 Å². The minimum atomic E-state index is -0.879. The quantitative estimate of drug-likeness (QED) is 0.612. The Bertz CT molecular complexity index is 203. The van der Waals surface area contributed by atoms with Gasteiger partial charge in [-0.15, -0.1) is 0 Å². The molecule has 9 heavy (non-hydrogen) atoms. The van der Waals surface area contributed by atoms with Gasteiger partial charge in [-0.05, 0) is 12.1 Å². The Morgan fingerprint density at radius 2 is 1.78 bits per heavy atom. The van der Waals surface area contributed by atoms with Crippen LogP contribution in [0.25, 0.3) is 0 Å². The van der Waals surface area contributed by atoms with Crippen molar-refractivity contribution in [1.82, 2.24) is 0 Å². The number of hydrogen-bond donors (Lipinski definition) is 1. The van der Waals surface area contributed by atoms with Crippen LogP contribution in [0, 0.1) is 0 Å². The summed E-state index contributed by atoms with van der Waals surface area (Å²) in [6.45, 7) is 0. The van der Waals surface area contributed by atoms with Gasteiger partial charge in [0.15, 0.2) is 0 Å². The number of rotatable bonds is 1. The highest BCUT2D eigenvalue weighted by Crippen LogP contribution is 1.96. The van der Waals surface area contributed by atoms with Crippen LogP contribution in [0.4, 0.5) is 0 Å². The Morgan fingerprint density at radius 3 is 2.11 bits per heavy atom. The number of carboxylic acids is 1. The summed E-state index contributed by atoms with van der Waals surface area (Å²) >= 11 is 0. The molecule has 0 aliphatic heterocycles. The molecule has 0 aromatic heterocycles. The van der Waals surface area contributed by atoms with Gasteiger partial charge in [-0.2, -0.15) is 0 Å². The maximum absolute atomic E-state index is 10.2. The largest absolute Gasteiger partial charge is 0.478 e. The van der Waals surface area contributed by atoms with E-state index in [0.29, 0.717) is 5.56 Å².